The maximum atomic E-state index is 12.4. The Morgan fingerprint density at radius 2 is 1.50 bits per heavy atom. The fourth-order valence-electron chi connectivity index (χ4n) is 2.07. The van der Waals surface area contributed by atoms with E-state index < -0.39 is 0 Å². The van der Waals surface area contributed by atoms with E-state index in [0.29, 0.717) is 16.1 Å². The number of benzene rings is 2. The van der Waals surface area contributed by atoms with Gasteiger partial charge in [0.15, 0.2) is 5.78 Å². The molecule has 0 radical (unpaired) electrons. The normalized spacial score (nSPS) is 11.4. The van der Waals surface area contributed by atoms with Crippen molar-refractivity contribution in [1.82, 2.24) is 0 Å². The third-order valence-corrected chi connectivity index (χ3v) is 3.86. The van der Waals surface area contributed by atoms with Crippen LogP contribution in [0.3, 0.4) is 0 Å². The van der Waals surface area contributed by atoms with Gasteiger partial charge in [-0.05, 0) is 41.7 Å². The maximum absolute atomic E-state index is 12.4. The van der Waals surface area contributed by atoms with E-state index >= 15 is 0 Å². The molecule has 0 aliphatic carbocycles. The first-order valence-electron chi connectivity index (χ1n) is 6.70. The number of hydrogen-bond acceptors (Lipinski definition) is 1. The van der Waals surface area contributed by atoms with Crippen molar-refractivity contribution in [2.45, 2.75) is 33.1 Å². The smallest absolute Gasteiger partial charge is 0.193 e. The third kappa shape index (κ3) is 3.10. The Labute approximate surface area is 125 Å². The highest BCUT2D eigenvalue weighted by molar-refractivity contribution is 6.31. The van der Waals surface area contributed by atoms with Gasteiger partial charge in [-0.15, -0.1) is 0 Å². The van der Waals surface area contributed by atoms with Crippen molar-refractivity contribution in [3.63, 3.8) is 0 Å². The van der Waals surface area contributed by atoms with Crippen LogP contribution in [0.5, 0.6) is 0 Å². The van der Waals surface area contributed by atoms with Crippen LogP contribution >= 0.6 is 11.6 Å². The fourth-order valence-corrected chi connectivity index (χ4v) is 2.19. The van der Waals surface area contributed by atoms with Crippen LogP contribution in [0.4, 0.5) is 0 Å². The Morgan fingerprint density at radius 1 is 0.950 bits per heavy atom. The largest absolute Gasteiger partial charge is 0.289 e. The summed E-state index contributed by atoms with van der Waals surface area (Å²) < 4.78 is 0. The molecule has 0 bridgehead atoms. The SMILES string of the molecule is Cc1cc(C(=O)c2ccc(C(C)(C)C)cc2)ccc1Cl. The Hall–Kier alpha value is -1.60. The lowest BCUT2D eigenvalue weighted by Crippen LogP contribution is -2.11. The zero-order valence-electron chi connectivity index (χ0n) is 12.3. The summed E-state index contributed by atoms with van der Waals surface area (Å²) in [5, 5.41) is 0.685. The van der Waals surface area contributed by atoms with Gasteiger partial charge in [0, 0.05) is 16.1 Å². The summed E-state index contributed by atoms with van der Waals surface area (Å²) in [6.45, 7) is 8.38. The lowest BCUT2D eigenvalue weighted by atomic mass is 9.86. The quantitative estimate of drug-likeness (QED) is 0.696. The molecule has 0 N–H and O–H groups in total. The van der Waals surface area contributed by atoms with E-state index in [2.05, 4.69) is 20.8 Å². The first kappa shape index (κ1) is 14.8. The predicted molar refractivity (Wildman–Crippen MR) is 84.8 cm³/mol. The second-order valence-electron chi connectivity index (χ2n) is 6.12. The summed E-state index contributed by atoms with van der Waals surface area (Å²) in [6, 6.07) is 13.2. The van der Waals surface area contributed by atoms with Crippen LogP contribution < -0.4 is 0 Å². The summed E-state index contributed by atoms with van der Waals surface area (Å²) in [5.74, 6) is 0.0326. The number of carbonyl (C=O) groups excluding carboxylic acids is 1. The van der Waals surface area contributed by atoms with E-state index in [4.69, 9.17) is 11.6 Å². The number of carbonyl (C=O) groups is 1. The van der Waals surface area contributed by atoms with Crippen LogP contribution in [0.2, 0.25) is 5.02 Å². The molecule has 0 fully saturated rings. The summed E-state index contributed by atoms with van der Waals surface area (Å²) in [6.07, 6.45) is 0. The molecule has 2 heteroatoms. The van der Waals surface area contributed by atoms with Crippen LogP contribution in [0.1, 0.15) is 47.8 Å². The van der Waals surface area contributed by atoms with Gasteiger partial charge in [0.25, 0.3) is 0 Å². The zero-order chi connectivity index (χ0) is 14.9. The molecule has 2 rings (SSSR count). The Kier molecular flexibility index (Phi) is 4.01. The first-order valence-corrected chi connectivity index (χ1v) is 7.08. The molecule has 0 amide bonds. The van der Waals surface area contributed by atoms with Gasteiger partial charge in [0.1, 0.15) is 0 Å². The van der Waals surface area contributed by atoms with Crippen LogP contribution in [-0.4, -0.2) is 5.78 Å². The van der Waals surface area contributed by atoms with E-state index in [0.717, 1.165) is 5.56 Å². The second-order valence-corrected chi connectivity index (χ2v) is 6.53. The van der Waals surface area contributed by atoms with Gasteiger partial charge >= 0.3 is 0 Å². The van der Waals surface area contributed by atoms with Gasteiger partial charge < -0.3 is 0 Å². The summed E-state index contributed by atoms with van der Waals surface area (Å²) in [5.41, 5.74) is 3.62. The van der Waals surface area contributed by atoms with Gasteiger partial charge in [-0.1, -0.05) is 56.6 Å². The predicted octanol–water partition coefficient (Wildman–Crippen LogP) is 5.18. The zero-order valence-corrected chi connectivity index (χ0v) is 13.1. The number of rotatable bonds is 2. The van der Waals surface area contributed by atoms with Gasteiger partial charge in [-0.2, -0.15) is 0 Å². The van der Waals surface area contributed by atoms with E-state index in [9.17, 15) is 4.79 Å². The molecule has 2 aromatic carbocycles. The molecule has 0 atom stereocenters. The van der Waals surface area contributed by atoms with Crippen molar-refractivity contribution < 1.29 is 4.79 Å². The van der Waals surface area contributed by atoms with Crippen LogP contribution in [-0.2, 0) is 5.41 Å². The molecule has 0 aromatic heterocycles. The first-order chi connectivity index (χ1) is 9.29. The third-order valence-electron chi connectivity index (χ3n) is 3.43. The number of ketones is 1. The van der Waals surface area contributed by atoms with Gasteiger partial charge in [-0.25, -0.2) is 0 Å². The highest BCUT2D eigenvalue weighted by Gasteiger charge is 2.15. The molecule has 0 aliphatic heterocycles. The summed E-state index contributed by atoms with van der Waals surface area (Å²) in [4.78, 5) is 12.4. The van der Waals surface area contributed by atoms with Crippen molar-refractivity contribution >= 4 is 17.4 Å². The minimum atomic E-state index is 0.0326. The molecule has 0 saturated carbocycles. The highest BCUT2D eigenvalue weighted by Crippen LogP contribution is 2.23. The molecule has 0 heterocycles. The van der Waals surface area contributed by atoms with Crippen molar-refractivity contribution in [2.75, 3.05) is 0 Å². The highest BCUT2D eigenvalue weighted by atomic mass is 35.5. The lowest BCUT2D eigenvalue weighted by Gasteiger charge is -2.19. The molecule has 2 aromatic rings. The topological polar surface area (TPSA) is 17.1 Å². The number of halogens is 1. The minimum absolute atomic E-state index is 0.0326. The lowest BCUT2D eigenvalue weighted by molar-refractivity contribution is 0.103. The molecule has 0 spiro atoms. The summed E-state index contributed by atoms with van der Waals surface area (Å²) in [7, 11) is 0. The minimum Gasteiger partial charge on any atom is -0.289 e. The molecule has 0 saturated heterocycles. The van der Waals surface area contributed by atoms with Crippen molar-refractivity contribution in [2.24, 2.45) is 0 Å². The number of aryl methyl sites for hydroxylation is 1. The summed E-state index contributed by atoms with van der Waals surface area (Å²) >= 11 is 5.99. The molecule has 20 heavy (non-hydrogen) atoms. The van der Waals surface area contributed by atoms with Gasteiger partial charge in [0.2, 0.25) is 0 Å². The fraction of sp³-hybridized carbons (Fsp3) is 0.278. The maximum Gasteiger partial charge on any atom is 0.193 e. The molecular formula is C18H19ClO. The molecule has 0 aliphatic rings. The van der Waals surface area contributed by atoms with Crippen molar-refractivity contribution in [3.05, 3.63) is 69.7 Å². The van der Waals surface area contributed by atoms with Crippen molar-refractivity contribution in [3.8, 4) is 0 Å². The standard InChI is InChI=1S/C18H19ClO/c1-12-11-14(7-10-16(12)19)17(20)13-5-8-15(9-6-13)18(2,3)4/h5-11H,1-4H3. The second kappa shape index (κ2) is 5.41. The van der Waals surface area contributed by atoms with Gasteiger partial charge in [0.05, 0.1) is 0 Å². The van der Waals surface area contributed by atoms with Crippen LogP contribution in [0, 0.1) is 6.92 Å². The van der Waals surface area contributed by atoms with E-state index in [-0.39, 0.29) is 11.2 Å². The molecule has 0 unspecified atom stereocenters. The Morgan fingerprint density at radius 3 is 2.00 bits per heavy atom. The molecule has 1 nitrogen and oxygen atoms in total. The van der Waals surface area contributed by atoms with Gasteiger partial charge in [-0.3, -0.25) is 4.79 Å². The van der Waals surface area contributed by atoms with E-state index in [1.54, 1.807) is 12.1 Å². The van der Waals surface area contributed by atoms with Crippen molar-refractivity contribution in [1.29, 1.82) is 0 Å². The average Bonchev–Trinajstić information content (AvgIpc) is 2.40. The average molecular weight is 287 g/mol. The molecular weight excluding hydrogens is 268 g/mol. The van der Waals surface area contributed by atoms with Crippen LogP contribution in [0.25, 0.3) is 0 Å². The van der Waals surface area contributed by atoms with E-state index in [1.807, 2.05) is 37.3 Å². The Bertz CT molecular complexity index is 633. The van der Waals surface area contributed by atoms with Crippen LogP contribution in [0.15, 0.2) is 42.5 Å². The molecule has 104 valence electrons. The Balaban J connectivity index is 2.31. The van der Waals surface area contributed by atoms with E-state index in [1.165, 1.54) is 5.56 Å². The number of hydrogen-bond donors (Lipinski definition) is 0. The monoisotopic (exact) mass is 286 g/mol.